The molecule has 0 spiro atoms. The monoisotopic (exact) mass is 778 g/mol. The Morgan fingerprint density at radius 3 is 0.849 bits per heavy atom. The first-order valence-electron chi connectivity index (χ1n) is 22.0. The second-order valence-electron chi connectivity index (χ2n) is 15.8. The fourth-order valence-corrected chi connectivity index (χ4v) is 6.35. The summed E-state index contributed by atoms with van der Waals surface area (Å²) >= 11 is 0. The van der Waals surface area contributed by atoms with Crippen LogP contribution in [0.3, 0.4) is 0 Å². The molecule has 0 saturated heterocycles. The van der Waals surface area contributed by atoms with Crippen LogP contribution in [0, 0.1) is 0 Å². The Hall–Kier alpha value is -1.23. The molecule has 0 rings (SSSR count). The minimum Gasteiger partial charge on any atom is -0.726 e. The molecule has 0 heterocycles. The van der Waals surface area contributed by atoms with Crippen molar-refractivity contribution < 1.29 is 40.7 Å². The van der Waals surface area contributed by atoms with Crippen LogP contribution in [0.2, 0.25) is 0 Å². The van der Waals surface area contributed by atoms with E-state index < -0.39 is 10.4 Å². The van der Waals surface area contributed by atoms with E-state index in [1.54, 1.807) is 0 Å². The summed E-state index contributed by atoms with van der Waals surface area (Å²) in [5.74, 6) is -0.288. The minimum atomic E-state index is -4.41. The van der Waals surface area contributed by atoms with E-state index in [1.165, 1.54) is 167 Å². The van der Waals surface area contributed by atoms with Crippen molar-refractivity contribution >= 4 is 22.3 Å². The van der Waals surface area contributed by atoms with Crippen LogP contribution >= 0.6 is 0 Å². The molecule has 0 aliphatic heterocycles. The van der Waals surface area contributed by atoms with Crippen LogP contribution in [0.1, 0.15) is 233 Å². The molecule has 0 aliphatic rings. The molecule has 53 heavy (non-hydrogen) atoms. The summed E-state index contributed by atoms with van der Waals surface area (Å²) in [6.45, 7) is 8.37. The highest BCUT2D eigenvalue weighted by Crippen LogP contribution is 2.19. The van der Waals surface area contributed by atoms with E-state index in [2.05, 4.69) is 18.0 Å². The molecule has 0 aromatic rings. The average Bonchev–Trinajstić information content (AvgIpc) is 3.11. The van der Waals surface area contributed by atoms with Gasteiger partial charge in [0.05, 0.1) is 21.2 Å². The van der Waals surface area contributed by atoms with Gasteiger partial charge in [0, 0.05) is 26.7 Å². The van der Waals surface area contributed by atoms with E-state index in [4.69, 9.17) is 9.47 Å². The minimum absolute atomic E-state index is 0.144. The quantitative estimate of drug-likeness (QED) is 0.0153. The molecule has 2 atom stereocenters. The lowest BCUT2D eigenvalue weighted by Gasteiger charge is -2.39. The van der Waals surface area contributed by atoms with Crippen LogP contribution in [0.25, 0.3) is 0 Å². The van der Waals surface area contributed by atoms with Gasteiger partial charge in [-0.25, -0.2) is 8.42 Å². The fraction of sp³-hybridized carbons (Fsp3) is 0.953. The summed E-state index contributed by atoms with van der Waals surface area (Å²) in [5.41, 5.74) is 0. The maximum absolute atomic E-state index is 12.5. The van der Waals surface area contributed by atoms with Crippen molar-refractivity contribution in [3.63, 3.8) is 0 Å². The first-order chi connectivity index (χ1) is 25.3. The topological polar surface area (TPSA) is 119 Å². The lowest BCUT2D eigenvalue weighted by molar-refractivity contribution is -0.971. The molecule has 0 N–H and O–H groups in total. The van der Waals surface area contributed by atoms with Gasteiger partial charge < -0.3 is 14.0 Å². The van der Waals surface area contributed by atoms with Crippen molar-refractivity contribution in [1.82, 2.24) is 0 Å². The normalized spacial score (nSPS) is 12.9. The molecule has 2 unspecified atom stereocenters. The molecule has 9 nitrogen and oxygen atoms in total. The highest BCUT2D eigenvalue weighted by molar-refractivity contribution is 7.80. The molecule has 0 aromatic carbocycles. The Balaban J connectivity index is 0. The van der Waals surface area contributed by atoms with Gasteiger partial charge in [0.25, 0.3) is 0 Å². The van der Waals surface area contributed by atoms with Crippen LogP contribution < -0.4 is 0 Å². The van der Waals surface area contributed by atoms with Gasteiger partial charge >= 0.3 is 11.9 Å². The molecule has 0 bridgehead atoms. The molecule has 0 aromatic heterocycles. The maximum atomic E-state index is 12.5. The van der Waals surface area contributed by atoms with E-state index in [0.29, 0.717) is 17.3 Å². The van der Waals surface area contributed by atoms with Crippen LogP contribution in [-0.4, -0.2) is 63.1 Å². The van der Waals surface area contributed by atoms with E-state index in [-0.39, 0.29) is 24.4 Å². The Kier molecular flexibility index (Phi) is 38.3. The van der Waals surface area contributed by atoms with Crippen molar-refractivity contribution in [2.24, 2.45) is 0 Å². The predicted molar refractivity (Wildman–Crippen MR) is 219 cm³/mol. The highest BCUT2D eigenvalue weighted by Gasteiger charge is 2.35. The van der Waals surface area contributed by atoms with Crippen molar-refractivity contribution in [1.29, 1.82) is 0 Å². The Labute approximate surface area is 329 Å². The van der Waals surface area contributed by atoms with Gasteiger partial charge in [-0.1, -0.05) is 194 Å². The van der Waals surface area contributed by atoms with Gasteiger partial charge in [0.1, 0.15) is 0 Å². The summed E-state index contributed by atoms with van der Waals surface area (Å²) in [6.07, 6.45) is 39.6. The summed E-state index contributed by atoms with van der Waals surface area (Å²) in [6, 6.07) is 0. The number of esters is 2. The van der Waals surface area contributed by atoms with Gasteiger partial charge in [0.2, 0.25) is 22.9 Å². The molecule has 0 aliphatic carbocycles. The number of ether oxygens (including phenoxy) is 2. The molecule has 0 amide bonds. The van der Waals surface area contributed by atoms with E-state index in [0.717, 1.165) is 32.8 Å². The lowest BCUT2D eigenvalue weighted by atomic mass is 10.0. The Bertz CT molecular complexity index is 871. The van der Waals surface area contributed by atoms with Crippen LogP contribution in [-0.2, 0) is 33.6 Å². The zero-order valence-electron chi connectivity index (χ0n) is 35.9. The van der Waals surface area contributed by atoms with E-state index in [1.807, 2.05) is 27.9 Å². The van der Waals surface area contributed by atoms with Gasteiger partial charge in [-0.15, -0.1) is 0 Å². The molecule has 0 radical (unpaired) electrons. The maximum Gasteiger partial charge on any atom is 0.310 e. The summed E-state index contributed by atoms with van der Waals surface area (Å²) in [7, 11) is 0.335. The van der Waals surface area contributed by atoms with Crippen LogP contribution in [0.5, 0.6) is 0 Å². The number of unbranched alkanes of at least 4 members (excludes halogenated alkanes) is 28. The first kappa shape index (κ1) is 53.9. The third-order valence-corrected chi connectivity index (χ3v) is 11.1. The summed E-state index contributed by atoms with van der Waals surface area (Å²) in [4.78, 5) is 25.0. The molecule has 318 valence electrons. The number of hydrogen-bond acceptors (Lipinski definition) is 8. The summed E-state index contributed by atoms with van der Waals surface area (Å²) < 4.78 is 42.9. The van der Waals surface area contributed by atoms with E-state index in [9.17, 15) is 22.6 Å². The Morgan fingerprint density at radius 1 is 0.472 bits per heavy atom. The van der Waals surface area contributed by atoms with Gasteiger partial charge in [-0.2, -0.15) is 0 Å². The zero-order valence-corrected chi connectivity index (χ0v) is 36.7. The van der Waals surface area contributed by atoms with Crippen molar-refractivity contribution in [3.8, 4) is 0 Å². The first-order valence-corrected chi connectivity index (χ1v) is 23.4. The van der Waals surface area contributed by atoms with Crippen LogP contribution in [0.4, 0.5) is 0 Å². The highest BCUT2D eigenvalue weighted by atomic mass is 32.3. The van der Waals surface area contributed by atoms with E-state index >= 15 is 0 Å². The predicted octanol–water partition coefficient (Wildman–Crippen LogP) is 12.5. The lowest BCUT2D eigenvalue weighted by Crippen LogP contribution is -2.56. The number of carbonyl (C=O) groups is 2. The standard InChI is InChI=1S/C42H84NO4.CH4O4S/c1-7-9-11-13-15-17-19-21-23-25-27-29-31-33-35-37-41(44)46-39(3)43(5,6)40(4)47-42(45)38-36-34-32-30-28-26-24-22-20-18-16-14-12-10-8-2;1-5-6(2,3)4/h39-40H,7-38H2,1-6H3;1H3,(H,2,3,4)/q+1;/p-1. The third kappa shape index (κ3) is 38.8. The van der Waals surface area contributed by atoms with Crippen LogP contribution in [0.15, 0.2) is 0 Å². The SMILES string of the molecule is CCCCCCCCCCCCCCCCCC(=O)OC(C)[N+](C)(C)C(C)OC(=O)CCCCCCCCCCCCCCCCC.COS(=O)(=O)[O-]. The van der Waals surface area contributed by atoms with Crippen molar-refractivity contribution in [2.45, 2.75) is 246 Å². The second-order valence-corrected chi connectivity index (χ2v) is 16.9. The smallest absolute Gasteiger partial charge is 0.310 e. The zero-order chi connectivity index (χ0) is 40.1. The van der Waals surface area contributed by atoms with Gasteiger partial charge in [-0.05, 0) is 12.8 Å². The Morgan fingerprint density at radius 2 is 0.660 bits per heavy atom. The molecular weight excluding hydrogens is 691 g/mol. The average molecular weight is 778 g/mol. The third-order valence-electron chi connectivity index (χ3n) is 10.7. The fourth-order valence-electron chi connectivity index (χ4n) is 6.35. The summed E-state index contributed by atoms with van der Waals surface area (Å²) in [5, 5.41) is 0. The number of carbonyl (C=O) groups excluding carboxylic acids is 2. The number of hydrogen-bond donors (Lipinski definition) is 0. The molecular formula is C43H87NO8S. The largest absolute Gasteiger partial charge is 0.726 e. The second kappa shape index (κ2) is 37.7. The van der Waals surface area contributed by atoms with Crippen molar-refractivity contribution in [2.75, 3.05) is 21.2 Å². The van der Waals surface area contributed by atoms with Gasteiger partial charge in [-0.3, -0.25) is 18.3 Å². The van der Waals surface area contributed by atoms with Gasteiger partial charge in [0.15, 0.2) is 0 Å². The number of quaternary nitrogens is 1. The van der Waals surface area contributed by atoms with Crippen molar-refractivity contribution in [3.05, 3.63) is 0 Å². The molecule has 0 fully saturated rings. The molecule has 0 saturated carbocycles. The molecule has 10 heteroatoms. The number of nitrogens with zero attached hydrogens (tertiary/aromatic N) is 1. The number of rotatable bonds is 37.